The quantitative estimate of drug-likeness (QED) is 0.716. The van der Waals surface area contributed by atoms with Crippen molar-refractivity contribution in [2.45, 2.75) is 13.8 Å². The first-order valence-electron chi connectivity index (χ1n) is 4.51. The van der Waals surface area contributed by atoms with Crippen molar-refractivity contribution >= 4 is 22.4 Å². The van der Waals surface area contributed by atoms with Gasteiger partial charge in [0, 0.05) is 18.5 Å². The molecule has 0 fully saturated rings. The van der Waals surface area contributed by atoms with Crippen LogP contribution in [0.2, 0.25) is 0 Å². The van der Waals surface area contributed by atoms with Gasteiger partial charge in [0.25, 0.3) is 0 Å². The van der Waals surface area contributed by atoms with Crippen molar-refractivity contribution in [2.24, 2.45) is 0 Å². The summed E-state index contributed by atoms with van der Waals surface area (Å²) in [5.41, 5.74) is 0.388. The van der Waals surface area contributed by atoms with Gasteiger partial charge in [-0.1, -0.05) is 0 Å². The number of nitrogens with zero attached hydrogens (tertiary/aromatic N) is 2. The van der Waals surface area contributed by atoms with E-state index in [0.717, 1.165) is 18.2 Å². The number of ether oxygens (including phenoxy) is 1. The molecule has 0 saturated heterocycles. The van der Waals surface area contributed by atoms with Gasteiger partial charge in [-0.3, -0.25) is 0 Å². The van der Waals surface area contributed by atoms with Crippen molar-refractivity contribution in [2.75, 3.05) is 25.1 Å². The summed E-state index contributed by atoms with van der Waals surface area (Å²) in [5.74, 6) is -0.375. The van der Waals surface area contributed by atoms with E-state index in [1.165, 1.54) is 18.4 Å². The van der Waals surface area contributed by atoms with Crippen LogP contribution in [0.4, 0.5) is 5.13 Å². The van der Waals surface area contributed by atoms with Crippen LogP contribution < -0.4 is 4.90 Å². The summed E-state index contributed by atoms with van der Waals surface area (Å²) in [5, 5.41) is 2.59. The minimum atomic E-state index is -0.375. The number of rotatable bonds is 4. The zero-order chi connectivity index (χ0) is 10.6. The van der Waals surface area contributed by atoms with Gasteiger partial charge in [0.15, 0.2) is 10.8 Å². The molecule has 78 valence electrons. The van der Waals surface area contributed by atoms with Crippen LogP contribution in [0, 0.1) is 0 Å². The standard InChI is InChI=1S/C9H14N2O2S/c1-4-11(5-2)9-10-7(6-14-9)8(12)13-3/h6H,4-5H2,1-3H3. The summed E-state index contributed by atoms with van der Waals surface area (Å²) in [4.78, 5) is 17.4. The first-order valence-corrected chi connectivity index (χ1v) is 5.39. The zero-order valence-electron chi connectivity index (χ0n) is 8.61. The normalized spacial score (nSPS) is 9.93. The van der Waals surface area contributed by atoms with Crippen molar-refractivity contribution in [1.82, 2.24) is 4.98 Å². The summed E-state index contributed by atoms with van der Waals surface area (Å²) in [6.45, 7) is 5.90. The molecule has 0 radical (unpaired) electrons. The number of thiazole rings is 1. The van der Waals surface area contributed by atoms with E-state index >= 15 is 0 Å². The van der Waals surface area contributed by atoms with Gasteiger partial charge < -0.3 is 9.64 Å². The van der Waals surface area contributed by atoms with E-state index in [1.54, 1.807) is 5.38 Å². The maximum absolute atomic E-state index is 11.1. The maximum Gasteiger partial charge on any atom is 0.357 e. The highest BCUT2D eigenvalue weighted by molar-refractivity contribution is 7.13. The van der Waals surface area contributed by atoms with Crippen molar-refractivity contribution < 1.29 is 9.53 Å². The predicted octanol–water partition coefficient (Wildman–Crippen LogP) is 1.78. The van der Waals surface area contributed by atoms with Crippen LogP contribution >= 0.6 is 11.3 Å². The number of methoxy groups -OCH3 is 1. The SMILES string of the molecule is CCN(CC)c1nc(C(=O)OC)cs1. The van der Waals surface area contributed by atoms with Gasteiger partial charge in [-0.25, -0.2) is 9.78 Å². The molecular formula is C9H14N2O2S. The largest absolute Gasteiger partial charge is 0.464 e. The molecule has 0 aromatic carbocycles. The number of esters is 1. The van der Waals surface area contributed by atoms with Crippen LogP contribution in [0.3, 0.4) is 0 Å². The molecule has 0 atom stereocenters. The van der Waals surface area contributed by atoms with Crippen LogP contribution in [0.25, 0.3) is 0 Å². The molecule has 0 bridgehead atoms. The molecule has 1 aromatic rings. The smallest absolute Gasteiger partial charge is 0.357 e. The van der Waals surface area contributed by atoms with E-state index in [4.69, 9.17) is 0 Å². The van der Waals surface area contributed by atoms with E-state index in [2.05, 4.69) is 28.5 Å². The monoisotopic (exact) mass is 214 g/mol. The molecule has 5 heteroatoms. The molecule has 0 aliphatic heterocycles. The van der Waals surface area contributed by atoms with Gasteiger partial charge in [-0.15, -0.1) is 11.3 Å². The van der Waals surface area contributed by atoms with Crippen molar-refractivity contribution in [1.29, 1.82) is 0 Å². The van der Waals surface area contributed by atoms with Crippen LogP contribution in [0.1, 0.15) is 24.3 Å². The van der Waals surface area contributed by atoms with Crippen LogP contribution in [-0.2, 0) is 4.74 Å². The summed E-state index contributed by atoms with van der Waals surface area (Å²) in [7, 11) is 1.36. The molecule has 1 rings (SSSR count). The van der Waals surface area contributed by atoms with E-state index in [9.17, 15) is 4.79 Å². The third kappa shape index (κ3) is 2.23. The first-order chi connectivity index (χ1) is 6.72. The second-order valence-corrected chi connectivity index (χ2v) is 3.52. The van der Waals surface area contributed by atoms with Gasteiger partial charge in [-0.05, 0) is 13.8 Å². The molecule has 0 aliphatic rings. The molecule has 14 heavy (non-hydrogen) atoms. The maximum atomic E-state index is 11.1. The topological polar surface area (TPSA) is 42.4 Å². The lowest BCUT2D eigenvalue weighted by molar-refractivity contribution is 0.0595. The Morgan fingerprint density at radius 2 is 2.21 bits per heavy atom. The Bertz CT molecular complexity index is 308. The second-order valence-electron chi connectivity index (χ2n) is 2.68. The Morgan fingerprint density at radius 3 is 2.71 bits per heavy atom. The Kier molecular flexibility index (Phi) is 3.88. The van der Waals surface area contributed by atoms with Crippen molar-refractivity contribution in [3.05, 3.63) is 11.1 Å². The molecule has 4 nitrogen and oxygen atoms in total. The molecular weight excluding hydrogens is 200 g/mol. The van der Waals surface area contributed by atoms with Gasteiger partial charge in [-0.2, -0.15) is 0 Å². The van der Waals surface area contributed by atoms with Crippen LogP contribution in [0.15, 0.2) is 5.38 Å². The van der Waals surface area contributed by atoms with Crippen LogP contribution in [0.5, 0.6) is 0 Å². The summed E-state index contributed by atoms with van der Waals surface area (Å²) in [6, 6.07) is 0. The van der Waals surface area contributed by atoms with Gasteiger partial charge in [0.2, 0.25) is 0 Å². The fourth-order valence-electron chi connectivity index (χ4n) is 1.10. The van der Waals surface area contributed by atoms with Crippen LogP contribution in [-0.4, -0.2) is 31.2 Å². The number of hydrogen-bond donors (Lipinski definition) is 0. The lowest BCUT2D eigenvalue weighted by atomic mass is 10.5. The van der Waals surface area contributed by atoms with Gasteiger partial charge >= 0.3 is 5.97 Å². The second kappa shape index (κ2) is 4.95. The summed E-state index contributed by atoms with van der Waals surface area (Å²) in [6.07, 6.45) is 0. The minimum Gasteiger partial charge on any atom is -0.464 e. The Morgan fingerprint density at radius 1 is 1.57 bits per heavy atom. The molecule has 1 heterocycles. The summed E-state index contributed by atoms with van der Waals surface area (Å²) < 4.78 is 4.58. The Labute approximate surface area is 87.5 Å². The Balaban J connectivity index is 2.81. The lowest BCUT2D eigenvalue weighted by Crippen LogP contribution is -2.21. The molecule has 0 N–H and O–H groups in total. The Hall–Kier alpha value is -1.10. The third-order valence-electron chi connectivity index (χ3n) is 1.92. The molecule has 0 aliphatic carbocycles. The van der Waals surface area contributed by atoms with Crippen molar-refractivity contribution in [3.63, 3.8) is 0 Å². The van der Waals surface area contributed by atoms with Gasteiger partial charge in [0.1, 0.15) is 0 Å². The first kappa shape index (κ1) is 11.0. The lowest BCUT2D eigenvalue weighted by Gasteiger charge is -2.16. The minimum absolute atomic E-state index is 0.375. The average molecular weight is 214 g/mol. The molecule has 0 unspecified atom stereocenters. The molecule has 0 saturated carbocycles. The fourth-order valence-corrected chi connectivity index (χ4v) is 2.03. The number of anilines is 1. The highest BCUT2D eigenvalue weighted by atomic mass is 32.1. The number of carbonyl (C=O) groups is 1. The molecule has 1 aromatic heterocycles. The van der Waals surface area contributed by atoms with E-state index in [1.807, 2.05) is 0 Å². The average Bonchev–Trinajstić information content (AvgIpc) is 2.68. The van der Waals surface area contributed by atoms with E-state index in [0.29, 0.717) is 5.69 Å². The third-order valence-corrected chi connectivity index (χ3v) is 2.82. The van der Waals surface area contributed by atoms with Crippen molar-refractivity contribution in [3.8, 4) is 0 Å². The molecule has 0 spiro atoms. The molecule has 0 amide bonds. The van der Waals surface area contributed by atoms with Gasteiger partial charge in [0.05, 0.1) is 7.11 Å². The number of hydrogen-bond acceptors (Lipinski definition) is 5. The zero-order valence-corrected chi connectivity index (χ0v) is 9.43. The highest BCUT2D eigenvalue weighted by Crippen LogP contribution is 2.20. The fraction of sp³-hybridized carbons (Fsp3) is 0.556. The highest BCUT2D eigenvalue weighted by Gasteiger charge is 2.13. The van der Waals surface area contributed by atoms with E-state index < -0.39 is 0 Å². The van der Waals surface area contributed by atoms with E-state index in [-0.39, 0.29) is 5.97 Å². The number of carbonyl (C=O) groups excluding carboxylic acids is 1. The summed E-state index contributed by atoms with van der Waals surface area (Å²) >= 11 is 1.46. The predicted molar refractivity (Wildman–Crippen MR) is 57.0 cm³/mol. The number of aromatic nitrogens is 1.